The quantitative estimate of drug-likeness (QED) is 0.771. The monoisotopic (exact) mass is 362 g/mol. The molecular weight excluding hydrogens is 340 g/mol. The number of hydrogen-bond acceptors (Lipinski definition) is 6. The van der Waals surface area contributed by atoms with E-state index in [4.69, 9.17) is 14.2 Å². The lowest BCUT2D eigenvalue weighted by Crippen LogP contribution is -2.47. The van der Waals surface area contributed by atoms with Gasteiger partial charge < -0.3 is 19.1 Å². The Morgan fingerprint density at radius 3 is 2.52 bits per heavy atom. The predicted octanol–water partition coefficient (Wildman–Crippen LogP) is 2.78. The fourth-order valence-electron chi connectivity index (χ4n) is 2.96. The smallest absolute Gasteiger partial charge is 0.286 e. The van der Waals surface area contributed by atoms with Gasteiger partial charge in [-0.2, -0.15) is 4.99 Å². The summed E-state index contributed by atoms with van der Waals surface area (Å²) in [7, 11) is 3.18. The van der Waals surface area contributed by atoms with Crippen LogP contribution in [-0.4, -0.2) is 55.5 Å². The van der Waals surface area contributed by atoms with Gasteiger partial charge in [0.2, 0.25) is 0 Å². The first-order valence-corrected chi connectivity index (χ1v) is 8.96. The van der Waals surface area contributed by atoms with E-state index in [0.717, 1.165) is 23.8 Å². The Kier molecular flexibility index (Phi) is 5.34. The molecule has 0 radical (unpaired) electrons. The Morgan fingerprint density at radius 1 is 1.20 bits per heavy atom. The molecule has 7 heteroatoms. The molecule has 0 saturated carbocycles. The summed E-state index contributed by atoms with van der Waals surface area (Å²) in [5.41, 5.74) is 0.869. The number of amidine groups is 1. The first kappa shape index (κ1) is 17.8. The summed E-state index contributed by atoms with van der Waals surface area (Å²) in [6, 6.07) is 5.55. The maximum Gasteiger partial charge on any atom is 0.286 e. The number of hydrogen-bond donors (Lipinski definition) is 0. The van der Waals surface area contributed by atoms with Crippen LogP contribution < -0.4 is 9.47 Å². The summed E-state index contributed by atoms with van der Waals surface area (Å²) in [5.74, 6) is 1.08. The van der Waals surface area contributed by atoms with Crippen LogP contribution in [0.25, 0.3) is 6.08 Å². The number of methoxy groups -OCH3 is 2. The van der Waals surface area contributed by atoms with Crippen LogP contribution in [0.3, 0.4) is 0 Å². The minimum Gasteiger partial charge on any atom is -0.493 e. The average molecular weight is 362 g/mol. The molecule has 0 spiro atoms. The number of thioether (sulfide) groups is 1. The van der Waals surface area contributed by atoms with Crippen LogP contribution in [0.5, 0.6) is 11.5 Å². The zero-order chi connectivity index (χ0) is 18.0. The van der Waals surface area contributed by atoms with Gasteiger partial charge in [0, 0.05) is 13.1 Å². The molecule has 3 rings (SSSR count). The van der Waals surface area contributed by atoms with Crippen molar-refractivity contribution in [1.82, 2.24) is 4.90 Å². The molecule has 2 atom stereocenters. The first-order valence-electron chi connectivity index (χ1n) is 8.15. The lowest BCUT2D eigenvalue weighted by molar-refractivity contribution is -0.113. The third-order valence-electron chi connectivity index (χ3n) is 4.00. The largest absolute Gasteiger partial charge is 0.493 e. The van der Waals surface area contributed by atoms with E-state index in [1.54, 1.807) is 14.2 Å². The van der Waals surface area contributed by atoms with Crippen LogP contribution in [0.2, 0.25) is 0 Å². The summed E-state index contributed by atoms with van der Waals surface area (Å²) in [4.78, 5) is 19.2. The molecule has 2 aliphatic heterocycles. The van der Waals surface area contributed by atoms with Crippen LogP contribution in [-0.2, 0) is 9.53 Å². The van der Waals surface area contributed by atoms with E-state index in [9.17, 15) is 4.79 Å². The Hall–Kier alpha value is -1.99. The van der Waals surface area contributed by atoms with Crippen molar-refractivity contribution in [2.24, 2.45) is 4.99 Å². The van der Waals surface area contributed by atoms with Crippen LogP contribution in [0, 0.1) is 0 Å². The van der Waals surface area contributed by atoms with Gasteiger partial charge in [-0.3, -0.25) is 4.79 Å². The molecule has 2 heterocycles. The highest BCUT2D eigenvalue weighted by Crippen LogP contribution is 2.33. The molecule has 0 unspecified atom stereocenters. The van der Waals surface area contributed by atoms with Crippen molar-refractivity contribution < 1.29 is 19.0 Å². The van der Waals surface area contributed by atoms with Gasteiger partial charge in [0.15, 0.2) is 16.7 Å². The lowest BCUT2D eigenvalue weighted by Gasteiger charge is -2.35. The summed E-state index contributed by atoms with van der Waals surface area (Å²) < 4.78 is 16.3. The molecule has 2 aliphatic rings. The molecule has 0 aromatic heterocycles. The van der Waals surface area contributed by atoms with Gasteiger partial charge >= 0.3 is 0 Å². The molecule has 6 nitrogen and oxygen atoms in total. The van der Waals surface area contributed by atoms with E-state index in [1.165, 1.54) is 11.8 Å². The molecule has 0 aliphatic carbocycles. The molecule has 1 amide bonds. The SMILES string of the molecule is COc1ccc(/C=C2/SC(N3C[C@H](C)O[C@@H](C)C3)=NC2=O)cc1OC. The van der Waals surface area contributed by atoms with Crippen LogP contribution in [0.1, 0.15) is 19.4 Å². The number of aliphatic imine (C=N–C) groups is 1. The third kappa shape index (κ3) is 3.99. The van der Waals surface area contributed by atoms with Crippen molar-refractivity contribution in [3.05, 3.63) is 28.7 Å². The molecule has 1 aromatic carbocycles. The summed E-state index contributed by atoms with van der Waals surface area (Å²) in [5, 5.41) is 0.749. The molecule has 0 bridgehead atoms. The number of benzene rings is 1. The van der Waals surface area contributed by atoms with Gasteiger partial charge in [-0.15, -0.1) is 0 Å². The average Bonchev–Trinajstić information content (AvgIpc) is 2.94. The van der Waals surface area contributed by atoms with Crippen molar-refractivity contribution in [2.45, 2.75) is 26.1 Å². The zero-order valence-corrected chi connectivity index (χ0v) is 15.6. The highest BCUT2D eigenvalue weighted by atomic mass is 32.2. The summed E-state index contributed by atoms with van der Waals surface area (Å²) in [6.45, 7) is 5.55. The zero-order valence-electron chi connectivity index (χ0n) is 14.8. The van der Waals surface area contributed by atoms with Crippen LogP contribution in [0.15, 0.2) is 28.1 Å². The van der Waals surface area contributed by atoms with E-state index in [0.29, 0.717) is 16.4 Å². The van der Waals surface area contributed by atoms with Crippen molar-refractivity contribution in [3.8, 4) is 11.5 Å². The Balaban J connectivity index is 1.77. The number of rotatable bonds is 3. The molecule has 25 heavy (non-hydrogen) atoms. The minimum absolute atomic E-state index is 0.126. The lowest BCUT2D eigenvalue weighted by atomic mass is 10.2. The maximum atomic E-state index is 12.3. The normalized spacial score (nSPS) is 25.3. The van der Waals surface area contributed by atoms with Crippen molar-refractivity contribution in [3.63, 3.8) is 0 Å². The molecule has 1 saturated heterocycles. The maximum absolute atomic E-state index is 12.3. The van der Waals surface area contributed by atoms with E-state index < -0.39 is 0 Å². The molecule has 1 aromatic rings. The number of carbonyl (C=O) groups excluding carboxylic acids is 1. The second kappa shape index (κ2) is 7.49. The topological polar surface area (TPSA) is 60.4 Å². The first-order chi connectivity index (χ1) is 12.0. The Morgan fingerprint density at radius 2 is 1.88 bits per heavy atom. The number of morpholine rings is 1. The molecule has 0 N–H and O–H groups in total. The van der Waals surface area contributed by atoms with Crippen molar-refractivity contribution >= 4 is 28.9 Å². The highest BCUT2D eigenvalue weighted by Gasteiger charge is 2.31. The van der Waals surface area contributed by atoms with Crippen LogP contribution >= 0.6 is 11.8 Å². The van der Waals surface area contributed by atoms with Gasteiger partial charge in [-0.25, -0.2) is 0 Å². The standard InChI is InChI=1S/C18H22N2O4S/c1-11-9-20(10-12(2)24-11)18-19-17(21)16(25-18)8-13-5-6-14(22-3)15(7-13)23-4/h5-8,11-12H,9-10H2,1-4H3/b16-8+/t11-,12-/m0/s1. The summed E-state index contributed by atoms with van der Waals surface area (Å²) in [6.07, 6.45) is 2.08. The Bertz CT molecular complexity index is 722. The summed E-state index contributed by atoms with van der Waals surface area (Å²) >= 11 is 1.41. The third-order valence-corrected chi connectivity index (χ3v) is 5.05. The minimum atomic E-state index is -0.207. The van der Waals surface area contributed by atoms with E-state index >= 15 is 0 Å². The fourth-order valence-corrected chi connectivity index (χ4v) is 3.89. The second-order valence-corrected chi connectivity index (χ2v) is 7.10. The number of ether oxygens (including phenoxy) is 3. The van der Waals surface area contributed by atoms with Gasteiger partial charge in [0.05, 0.1) is 31.3 Å². The van der Waals surface area contributed by atoms with Crippen molar-refractivity contribution in [2.75, 3.05) is 27.3 Å². The van der Waals surface area contributed by atoms with Gasteiger partial charge in [-0.1, -0.05) is 6.07 Å². The molecule has 134 valence electrons. The van der Waals surface area contributed by atoms with Gasteiger partial charge in [-0.05, 0) is 49.4 Å². The molecule has 1 fully saturated rings. The predicted molar refractivity (Wildman–Crippen MR) is 99.1 cm³/mol. The number of nitrogens with zero attached hydrogens (tertiary/aromatic N) is 2. The van der Waals surface area contributed by atoms with E-state index in [-0.39, 0.29) is 18.1 Å². The number of carbonyl (C=O) groups is 1. The van der Waals surface area contributed by atoms with Gasteiger partial charge in [0.1, 0.15) is 0 Å². The fraction of sp³-hybridized carbons (Fsp3) is 0.444. The van der Waals surface area contributed by atoms with E-state index in [1.807, 2.05) is 38.1 Å². The number of amides is 1. The van der Waals surface area contributed by atoms with E-state index in [2.05, 4.69) is 9.89 Å². The highest BCUT2D eigenvalue weighted by molar-refractivity contribution is 8.18. The van der Waals surface area contributed by atoms with Gasteiger partial charge in [0.25, 0.3) is 5.91 Å². The van der Waals surface area contributed by atoms with Crippen LogP contribution in [0.4, 0.5) is 0 Å². The Labute approximate surface area is 151 Å². The van der Waals surface area contributed by atoms with Crippen molar-refractivity contribution in [1.29, 1.82) is 0 Å². The second-order valence-electron chi connectivity index (χ2n) is 6.09. The molecular formula is C18H22N2O4S.